The van der Waals surface area contributed by atoms with E-state index in [1.807, 2.05) is 0 Å². The number of β-amino-alcohol motifs (C(OH)–C–C–N with tert-alkyl or cyclic N) is 1. The molecule has 0 saturated carbocycles. The van der Waals surface area contributed by atoms with E-state index >= 15 is 0 Å². The molecule has 0 aromatic carbocycles. The molecule has 0 aromatic rings. The van der Waals surface area contributed by atoms with Gasteiger partial charge in [-0.15, -0.1) is 0 Å². The Kier molecular flexibility index (Phi) is 12.5. The third-order valence-corrected chi connectivity index (χ3v) is 5.35. The molecule has 0 bridgehead atoms. The number of aliphatic hydroxyl groups excluding tert-OH is 1. The fourth-order valence-corrected chi connectivity index (χ4v) is 3.79. The van der Waals surface area contributed by atoms with E-state index < -0.39 is 53.5 Å². The van der Waals surface area contributed by atoms with Gasteiger partial charge in [-0.3, -0.25) is 14.6 Å². The lowest BCUT2D eigenvalue weighted by Crippen LogP contribution is -2.53. The van der Waals surface area contributed by atoms with Crippen LogP contribution in [0.4, 0.5) is 9.59 Å². The number of piperidine rings is 2. The van der Waals surface area contributed by atoms with Gasteiger partial charge in [0.2, 0.25) is 0 Å². The van der Waals surface area contributed by atoms with Crippen molar-refractivity contribution in [1.82, 2.24) is 9.80 Å². The van der Waals surface area contributed by atoms with Crippen LogP contribution in [0.25, 0.3) is 0 Å². The van der Waals surface area contributed by atoms with Gasteiger partial charge in [0.25, 0.3) is 0 Å². The van der Waals surface area contributed by atoms with E-state index in [1.165, 1.54) is 4.90 Å². The summed E-state index contributed by atoms with van der Waals surface area (Å²) in [5, 5.41) is 9.65. The third-order valence-electron chi connectivity index (χ3n) is 5.35. The zero-order valence-electron chi connectivity index (χ0n) is 23.9. The number of carbonyl (C=O) groups is 5. The fourth-order valence-electron chi connectivity index (χ4n) is 3.79. The van der Waals surface area contributed by atoms with E-state index in [1.54, 1.807) is 55.4 Å². The lowest BCUT2D eigenvalue weighted by Gasteiger charge is -2.37. The van der Waals surface area contributed by atoms with Gasteiger partial charge < -0.3 is 24.1 Å². The highest BCUT2D eigenvalue weighted by Gasteiger charge is 2.39. The lowest BCUT2D eigenvalue weighted by molar-refractivity contribution is -0.152. The van der Waals surface area contributed by atoms with Crippen LogP contribution in [0.1, 0.15) is 81.1 Å². The van der Waals surface area contributed by atoms with E-state index in [-0.39, 0.29) is 44.9 Å². The molecule has 3 atom stereocenters. The molecule has 38 heavy (non-hydrogen) atoms. The maximum absolute atomic E-state index is 12.1. The first kappa shape index (κ1) is 33.1. The molecule has 1 N–H and O–H groups in total. The molecule has 2 fully saturated rings. The number of rotatable bonds is 4. The first-order valence-corrected chi connectivity index (χ1v) is 13.0. The van der Waals surface area contributed by atoms with E-state index in [0.717, 1.165) is 4.90 Å². The minimum atomic E-state index is -0.729. The molecule has 0 spiro atoms. The van der Waals surface area contributed by atoms with Crippen molar-refractivity contribution >= 4 is 29.9 Å². The average molecular weight is 545 g/mol. The number of Topliss-reactive ketones (excluding diaryl/α,β-unsaturated/α-hetero) is 1. The summed E-state index contributed by atoms with van der Waals surface area (Å²) in [6.07, 6.45) is -0.442. The maximum Gasteiger partial charge on any atom is 0.411 e. The highest BCUT2D eigenvalue weighted by atomic mass is 16.6. The van der Waals surface area contributed by atoms with E-state index in [4.69, 9.17) is 18.9 Å². The van der Waals surface area contributed by atoms with Crippen molar-refractivity contribution in [2.24, 2.45) is 0 Å². The first-order valence-electron chi connectivity index (χ1n) is 13.0. The van der Waals surface area contributed by atoms with Crippen LogP contribution in [-0.4, -0.2) is 101 Å². The average Bonchev–Trinajstić information content (AvgIpc) is 2.77. The van der Waals surface area contributed by atoms with Crippen LogP contribution < -0.4 is 0 Å². The highest BCUT2D eigenvalue weighted by molar-refractivity contribution is 5.90. The van der Waals surface area contributed by atoms with Gasteiger partial charge in [0, 0.05) is 6.42 Å². The molecule has 2 rings (SSSR count). The Morgan fingerprint density at radius 3 is 1.68 bits per heavy atom. The molecule has 12 nitrogen and oxygen atoms in total. The molecule has 0 radical (unpaired) electrons. The Morgan fingerprint density at radius 2 is 1.24 bits per heavy atom. The van der Waals surface area contributed by atoms with Gasteiger partial charge in [0.05, 0.1) is 32.4 Å². The standard InChI is InChI=1S/C13H23NO5.C13H21NO5/c2*1-5-18-11(16)10-7-6-9(15)8-14(10)12(17)19-13(2,3)4/h9-10,15H,5-8H2,1-4H3;10H,5-8H2,1-4H3/t9-,10-;10-/m00/s1. The van der Waals surface area contributed by atoms with Gasteiger partial charge >= 0.3 is 24.1 Å². The van der Waals surface area contributed by atoms with Gasteiger partial charge in [0.1, 0.15) is 23.3 Å². The van der Waals surface area contributed by atoms with Crippen molar-refractivity contribution in [3.8, 4) is 0 Å². The molecule has 2 aliphatic rings. The highest BCUT2D eigenvalue weighted by Crippen LogP contribution is 2.22. The van der Waals surface area contributed by atoms with Crippen molar-refractivity contribution in [2.75, 3.05) is 26.3 Å². The predicted molar refractivity (Wildman–Crippen MR) is 136 cm³/mol. The van der Waals surface area contributed by atoms with Crippen molar-refractivity contribution in [2.45, 2.75) is 110 Å². The quantitative estimate of drug-likeness (QED) is 0.413. The van der Waals surface area contributed by atoms with E-state index in [0.29, 0.717) is 12.8 Å². The summed E-state index contributed by atoms with van der Waals surface area (Å²) in [7, 11) is 0. The van der Waals surface area contributed by atoms with E-state index in [9.17, 15) is 29.1 Å². The summed E-state index contributed by atoms with van der Waals surface area (Å²) < 4.78 is 20.3. The molecular formula is C26H44N2O10. The third kappa shape index (κ3) is 11.2. The molecule has 218 valence electrons. The summed E-state index contributed by atoms with van der Waals surface area (Å²) in [5.41, 5.74) is -1.31. The van der Waals surface area contributed by atoms with Crippen molar-refractivity contribution < 1.29 is 48.0 Å². The second kappa shape index (κ2) is 14.3. The van der Waals surface area contributed by atoms with E-state index in [2.05, 4.69) is 0 Å². The largest absolute Gasteiger partial charge is 0.464 e. The number of amides is 2. The Labute approximate surface area is 224 Å². The normalized spacial score (nSPS) is 22.0. The molecule has 12 heteroatoms. The van der Waals surface area contributed by atoms with Crippen LogP contribution in [-0.2, 0) is 33.3 Å². The number of hydrogen-bond acceptors (Lipinski definition) is 10. The van der Waals surface area contributed by atoms with Gasteiger partial charge in [-0.25, -0.2) is 19.2 Å². The van der Waals surface area contributed by atoms with Crippen molar-refractivity contribution in [3.05, 3.63) is 0 Å². The van der Waals surface area contributed by atoms with Gasteiger partial charge in [-0.2, -0.15) is 0 Å². The zero-order valence-corrected chi connectivity index (χ0v) is 23.9. The molecule has 2 aliphatic heterocycles. The van der Waals surface area contributed by atoms with Crippen LogP contribution >= 0.6 is 0 Å². The first-order chi connectivity index (χ1) is 17.5. The Morgan fingerprint density at radius 1 is 0.789 bits per heavy atom. The number of ether oxygens (including phenoxy) is 4. The fraction of sp³-hybridized carbons (Fsp3) is 0.808. The number of hydrogen-bond donors (Lipinski definition) is 1. The summed E-state index contributed by atoms with van der Waals surface area (Å²) in [6.45, 7) is 14.4. The van der Waals surface area contributed by atoms with Crippen LogP contribution in [0.2, 0.25) is 0 Å². The Bertz CT molecular complexity index is 846. The monoisotopic (exact) mass is 544 g/mol. The topological polar surface area (TPSA) is 149 Å². The number of nitrogens with zero attached hydrogens (tertiary/aromatic N) is 2. The molecular weight excluding hydrogens is 500 g/mol. The van der Waals surface area contributed by atoms with Crippen molar-refractivity contribution in [1.29, 1.82) is 0 Å². The lowest BCUT2D eigenvalue weighted by atomic mass is 10.0. The molecule has 2 saturated heterocycles. The van der Waals surface area contributed by atoms with Crippen LogP contribution in [0, 0.1) is 0 Å². The van der Waals surface area contributed by atoms with Crippen LogP contribution in [0.5, 0.6) is 0 Å². The molecule has 0 aromatic heterocycles. The van der Waals surface area contributed by atoms with Crippen molar-refractivity contribution in [3.63, 3.8) is 0 Å². The number of carbonyl (C=O) groups excluding carboxylic acids is 5. The Hall–Kier alpha value is -2.89. The Balaban J connectivity index is 0.000000380. The maximum atomic E-state index is 12.1. The van der Waals surface area contributed by atoms with Crippen LogP contribution in [0.15, 0.2) is 0 Å². The number of esters is 2. The molecule has 0 unspecified atom stereocenters. The minimum Gasteiger partial charge on any atom is -0.464 e. The summed E-state index contributed by atoms with van der Waals surface area (Å²) >= 11 is 0. The molecule has 2 heterocycles. The smallest absolute Gasteiger partial charge is 0.411 e. The second-order valence-electron chi connectivity index (χ2n) is 11.1. The van der Waals surface area contributed by atoms with Gasteiger partial charge in [-0.05, 0) is 74.7 Å². The van der Waals surface area contributed by atoms with Gasteiger partial charge in [0.15, 0.2) is 5.78 Å². The molecule has 0 aliphatic carbocycles. The number of ketones is 1. The predicted octanol–water partition coefficient (Wildman–Crippen LogP) is 2.83. The summed E-state index contributed by atoms with van der Waals surface area (Å²) in [6, 6.07) is -1.40. The SMILES string of the molecule is CCOC(=O)[C@@H]1CCC(=O)CN1C(=O)OC(C)(C)C.CCOC(=O)[C@@H]1CC[C@H](O)CN1C(=O)OC(C)(C)C. The number of likely N-dealkylation sites (tertiary alicyclic amines) is 2. The number of aliphatic hydroxyl groups is 1. The van der Waals surface area contributed by atoms with Gasteiger partial charge in [-0.1, -0.05) is 0 Å². The zero-order chi connectivity index (χ0) is 29.3. The second-order valence-corrected chi connectivity index (χ2v) is 11.1. The minimum absolute atomic E-state index is 0.0774. The summed E-state index contributed by atoms with van der Waals surface area (Å²) in [4.78, 5) is 61.6. The van der Waals surface area contributed by atoms with Crippen LogP contribution in [0.3, 0.4) is 0 Å². The summed E-state index contributed by atoms with van der Waals surface area (Å²) in [5.74, 6) is -1.01. The molecule has 2 amide bonds.